The van der Waals surface area contributed by atoms with Crippen molar-refractivity contribution in [3.8, 4) is 0 Å². The second-order valence-electron chi connectivity index (χ2n) is 7.00. The molecule has 0 spiro atoms. The van der Waals surface area contributed by atoms with Crippen molar-refractivity contribution in [2.75, 3.05) is 14.2 Å². The molecule has 0 aromatic rings. The van der Waals surface area contributed by atoms with Gasteiger partial charge in [0.25, 0.3) is 0 Å². The Morgan fingerprint density at radius 1 is 0.964 bits per heavy atom. The molecule has 28 heavy (non-hydrogen) atoms. The minimum atomic E-state index is -1.92. The number of nitrogens with zero attached hydrogens (tertiary/aromatic N) is 3. The van der Waals surface area contributed by atoms with Crippen molar-refractivity contribution >= 4 is 31.7 Å². The Morgan fingerprint density at radius 2 is 1.39 bits per heavy atom. The third-order valence-electron chi connectivity index (χ3n) is 3.52. The third kappa shape index (κ3) is 6.50. The molecule has 0 fully saturated rings. The van der Waals surface area contributed by atoms with Crippen LogP contribution in [0.5, 0.6) is 0 Å². The van der Waals surface area contributed by atoms with Gasteiger partial charge < -0.3 is 23.7 Å². The molecule has 2 unspecified atom stereocenters. The summed E-state index contributed by atoms with van der Waals surface area (Å²) in [5, 5.41) is 9.28. The molecule has 2 aliphatic heterocycles. The number of hydrogen-bond donors (Lipinski definition) is 0. The number of hydrogen-bond acceptors (Lipinski definition) is 10. The fourth-order valence-electron chi connectivity index (χ4n) is 2.25. The summed E-state index contributed by atoms with van der Waals surface area (Å²) in [7, 11) is 0.684. The van der Waals surface area contributed by atoms with Crippen LogP contribution in [0.4, 0.5) is 0 Å². The Kier molecular flexibility index (Phi) is 7.35. The molecule has 2 heterocycles. The molecule has 0 saturated heterocycles. The monoisotopic (exact) mass is 411 g/mol. The molecule has 0 radical (unpaired) electrons. The zero-order valence-corrected chi connectivity index (χ0v) is 17.6. The van der Waals surface area contributed by atoms with E-state index in [1.54, 1.807) is 24.6 Å². The maximum atomic E-state index is 11.5. The maximum Gasteiger partial charge on any atom is 0.350 e. The molecule has 2 aliphatic rings. The topological polar surface area (TPSA) is 108 Å². The number of carbonyl (C=O) groups is 2. The smallest absolute Gasteiger partial charge is 0.350 e. The van der Waals surface area contributed by atoms with Gasteiger partial charge in [-0.15, -0.1) is 0 Å². The molecule has 0 aromatic carbocycles. The number of carbonyl (C=O) groups excluding carboxylic acids is 2. The number of rotatable bonds is 8. The lowest BCUT2D eigenvalue weighted by molar-refractivity contribution is -0.152. The van der Waals surface area contributed by atoms with Crippen molar-refractivity contribution in [1.29, 1.82) is 0 Å². The molecule has 0 aromatic heterocycles. The normalized spacial score (nSPS) is 21.9. The van der Waals surface area contributed by atoms with Crippen molar-refractivity contribution in [2.24, 2.45) is 10.3 Å². The van der Waals surface area contributed by atoms with Crippen LogP contribution in [0.15, 0.2) is 34.9 Å². The van der Waals surface area contributed by atoms with Crippen LogP contribution in [-0.4, -0.2) is 63.2 Å². The van der Waals surface area contributed by atoms with Crippen LogP contribution in [0.2, 0.25) is 19.6 Å². The maximum absolute atomic E-state index is 11.5. The Labute approximate surface area is 164 Å². The molecule has 0 amide bonds. The van der Waals surface area contributed by atoms with Crippen molar-refractivity contribution < 1.29 is 33.3 Å². The number of hydroxylamine groups is 2. The lowest BCUT2D eigenvalue weighted by Gasteiger charge is -2.24. The molecule has 2 rings (SSSR count). The average Bonchev–Trinajstić information content (AvgIpc) is 3.31. The number of methoxy groups -OCH3 is 2. The largest absolute Gasteiger partial charge is 0.466 e. The lowest BCUT2D eigenvalue weighted by Crippen LogP contribution is -2.32. The summed E-state index contributed by atoms with van der Waals surface area (Å²) in [6.07, 6.45) is 5.90. The second-order valence-corrected chi connectivity index (χ2v) is 11.4. The van der Waals surface area contributed by atoms with Crippen molar-refractivity contribution in [1.82, 2.24) is 5.06 Å². The van der Waals surface area contributed by atoms with E-state index in [0.717, 1.165) is 0 Å². The van der Waals surface area contributed by atoms with Gasteiger partial charge in [-0.3, -0.25) is 0 Å². The van der Waals surface area contributed by atoms with Crippen LogP contribution in [0.1, 0.15) is 12.8 Å². The van der Waals surface area contributed by atoms with Crippen LogP contribution >= 0.6 is 0 Å². The minimum absolute atomic E-state index is 0.315. The predicted octanol–water partition coefficient (Wildman–Crippen LogP) is 1.72. The molecule has 2 atom stereocenters. The van der Waals surface area contributed by atoms with Gasteiger partial charge in [-0.1, -0.05) is 10.3 Å². The van der Waals surface area contributed by atoms with E-state index in [1.165, 1.54) is 19.3 Å². The fourth-order valence-corrected chi connectivity index (χ4v) is 3.00. The molecule has 0 bridgehead atoms. The second kappa shape index (κ2) is 9.51. The first kappa shape index (κ1) is 21.6. The van der Waals surface area contributed by atoms with Gasteiger partial charge in [-0.2, -0.15) is 0 Å². The molecule has 0 aliphatic carbocycles. The first-order valence-corrected chi connectivity index (χ1v) is 12.1. The number of oxime groups is 2. The number of esters is 2. The first-order chi connectivity index (χ1) is 13.2. The van der Waals surface area contributed by atoms with Gasteiger partial charge in [0.15, 0.2) is 0 Å². The van der Waals surface area contributed by atoms with E-state index in [1.807, 2.05) is 19.6 Å². The predicted molar refractivity (Wildman–Crippen MR) is 102 cm³/mol. The Morgan fingerprint density at radius 3 is 1.75 bits per heavy atom. The summed E-state index contributed by atoms with van der Waals surface area (Å²) in [5.74, 6) is -0.941. The van der Waals surface area contributed by atoms with Crippen LogP contribution in [0.25, 0.3) is 0 Å². The van der Waals surface area contributed by atoms with E-state index >= 15 is 0 Å². The van der Waals surface area contributed by atoms with Crippen LogP contribution in [0.3, 0.4) is 0 Å². The average molecular weight is 411 g/mol. The van der Waals surface area contributed by atoms with Crippen molar-refractivity contribution in [3.63, 3.8) is 0 Å². The molecule has 0 saturated carbocycles. The molecular weight excluding hydrogens is 386 g/mol. The van der Waals surface area contributed by atoms with E-state index in [2.05, 4.69) is 19.8 Å². The highest BCUT2D eigenvalue weighted by Crippen LogP contribution is 2.16. The van der Waals surface area contributed by atoms with E-state index < -0.39 is 32.5 Å². The van der Waals surface area contributed by atoms with Gasteiger partial charge in [0.05, 0.1) is 25.6 Å². The van der Waals surface area contributed by atoms with E-state index in [9.17, 15) is 9.59 Å². The van der Waals surface area contributed by atoms with Crippen LogP contribution in [-0.2, 0) is 33.3 Å². The van der Waals surface area contributed by atoms with E-state index in [0.29, 0.717) is 24.3 Å². The standard InChI is InChI=1S/C17H25N3O7Si/c1-23-16(21)14-10-12(18-25-14)6-8-20(27-28(3,4)5)9-7-13-11-15(26-19-13)17(22)24-2/h6-9,14-15H,10-11H2,1-5H3/b8-6+,9-7+. The fraction of sp³-hybridized carbons (Fsp3) is 0.529. The van der Waals surface area contributed by atoms with Gasteiger partial charge in [0.1, 0.15) is 0 Å². The van der Waals surface area contributed by atoms with Gasteiger partial charge in [0, 0.05) is 25.2 Å². The van der Waals surface area contributed by atoms with Gasteiger partial charge in [-0.25, -0.2) is 14.7 Å². The molecule has 11 heteroatoms. The zero-order valence-electron chi connectivity index (χ0n) is 16.6. The summed E-state index contributed by atoms with van der Waals surface area (Å²) >= 11 is 0. The minimum Gasteiger partial charge on any atom is -0.466 e. The Hall–Kier alpha value is -2.66. The highest BCUT2D eigenvalue weighted by Gasteiger charge is 2.29. The van der Waals surface area contributed by atoms with Gasteiger partial charge >= 0.3 is 11.9 Å². The van der Waals surface area contributed by atoms with Crippen molar-refractivity contribution in [3.05, 3.63) is 24.6 Å². The molecule has 10 nitrogen and oxygen atoms in total. The highest BCUT2D eigenvalue weighted by molar-refractivity contribution is 6.69. The van der Waals surface area contributed by atoms with E-state index in [-0.39, 0.29) is 0 Å². The zero-order chi connectivity index (χ0) is 20.7. The Balaban J connectivity index is 1.99. The molecule has 154 valence electrons. The lowest BCUT2D eigenvalue weighted by atomic mass is 10.2. The summed E-state index contributed by atoms with van der Waals surface area (Å²) in [6, 6.07) is 0. The summed E-state index contributed by atoms with van der Waals surface area (Å²) in [6.45, 7) is 6.11. The van der Waals surface area contributed by atoms with Crippen LogP contribution < -0.4 is 0 Å². The summed E-state index contributed by atoms with van der Waals surface area (Å²) in [4.78, 5) is 33.1. The van der Waals surface area contributed by atoms with E-state index in [4.69, 9.17) is 14.2 Å². The summed E-state index contributed by atoms with van der Waals surface area (Å²) < 4.78 is 15.3. The quantitative estimate of drug-likeness (QED) is 0.337. The SMILES string of the molecule is COC(=O)C1CC(/C=C/N(/C=C/C2=NOC(C(=O)OC)C2)O[Si](C)(C)C)=NO1. The Bertz CT molecular complexity index is 660. The van der Waals surface area contributed by atoms with Crippen molar-refractivity contribution in [2.45, 2.75) is 44.7 Å². The number of ether oxygens (including phenoxy) is 2. The molecular formula is C17H25N3O7Si. The summed E-state index contributed by atoms with van der Waals surface area (Å²) in [5.41, 5.74) is 1.17. The van der Waals surface area contributed by atoms with Gasteiger partial charge in [-0.05, 0) is 31.8 Å². The van der Waals surface area contributed by atoms with Gasteiger partial charge in [0.2, 0.25) is 20.5 Å². The third-order valence-corrected chi connectivity index (χ3v) is 4.28. The number of allylic oxidation sites excluding steroid dienone is 2. The molecule has 0 N–H and O–H groups in total. The first-order valence-electron chi connectivity index (χ1n) is 8.66. The van der Waals surface area contributed by atoms with Crippen LogP contribution in [0, 0.1) is 0 Å². The highest BCUT2D eigenvalue weighted by atomic mass is 28.4.